The van der Waals surface area contributed by atoms with E-state index < -0.39 is 0 Å². The van der Waals surface area contributed by atoms with Crippen LogP contribution in [0, 0.1) is 5.92 Å². The Morgan fingerprint density at radius 2 is 2.29 bits per heavy atom. The van der Waals surface area contributed by atoms with Crippen molar-refractivity contribution < 1.29 is 0 Å². The summed E-state index contributed by atoms with van der Waals surface area (Å²) in [6, 6.07) is 0. The number of aromatic nitrogens is 2. The highest BCUT2D eigenvalue weighted by atomic mass is 32.2. The number of rotatable bonds is 4. The maximum absolute atomic E-state index is 5.76. The van der Waals surface area contributed by atoms with Crippen LogP contribution in [0.2, 0.25) is 0 Å². The molecule has 2 heterocycles. The Morgan fingerprint density at radius 1 is 1.47 bits per heavy atom. The van der Waals surface area contributed by atoms with Crippen LogP contribution in [0.5, 0.6) is 0 Å². The lowest BCUT2D eigenvalue weighted by Crippen LogP contribution is -2.38. The quantitative estimate of drug-likeness (QED) is 0.820. The van der Waals surface area contributed by atoms with Crippen LogP contribution in [-0.2, 0) is 6.54 Å². The Bertz CT molecular complexity index is 358. The summed E-state index contributed by atoms with van der Waals surface area (Å²) >= 11 is 1.67. The van der Waals surface area contributed by atoms with Crippen LogP contribution in [0.1, 0.15) is 18.5 Å². The summed E-state index contributed by atoms with van der Waals surface area (Å²) in [5.41, 5.74) is 6.85. The molecule has 0 spiro atoms. The predicted molar refractivity (Wildman–Crippen MR) is 70.9 cm³/mol. The van der Waals surface area contributed by atoms with Crippen LogP contribution >= 0.6 is 11.8 Å². The van der Waals surface area contributed by atoms with Crippen LogP contribution in [0.4, 0.5) is 0 Å². The maximum Gasteiger partial charge on any atom is 0.119 e. The van der Waals surface area contributed by atoms with E-state index in [2.05, 4.69) is 14.9 Å². The van der Waals surface area contributed by atoms with Gasteiger partial charge >= 0.3 is 0 Å². The van der Waals surface area contributed by atoms with Crippen LogP contribution < -0.4 is 5.73 Å². The van der Waals surface area contributed by atoms with Crippen molar-refractivity contribution in [3.63, 3.8) is 0 Å². The predicted octanol–water partition coefficient (Wildman–Crippen LogP) is 1.37. The van der Waals surface area contributed by atoms with Gasteiger partial charge in [-0.2, -0.15) is 0 Å². The molecule has 0 bridgehead atoms. The monoisotopic (exact) mass is 252 g/mol. The first-order valence-corrected chi connectivity index (χ1v) is 7.32. The topological polar surface area (TPSA) is 55.0 Å². The molecule has 1 aromatic heterocycles. The van der Waals surface area contributed by atoms with E-state index in [0.29, 0.717) is 5.92 Å². The zero-order valence-electron chi connectivity index (χ0n) is 10.3. The van der Waals surface area contributed by atoms with Crippen molar-refractivity contribution in [3.05, 3.63) is 18.1 Å². The van der Waals surface area contributed by atoms with Gasteiger partial charge in [-0.15, -0.1) is 11.8 Å². The number of likely N-dealkylation sites (tertiary alicyclic amines) is 1. The van der Waals surface area contributed by atoms with Crippen molar-refractivity contribution >= 4 is 11.8 Å². The second-order valence-electron chi connectivity index (χ2n) is 4.49. The van der Waals surface area contributed by atoms with E-state index in [1.165, 1.54) is 12.8 Å². The molecular weight excluding hydrogens is 232 g/mol. The average Bonchev–Trinajstić information content (AvgIpc) is 2.39. The highest BCUT2D eigenvalue weighted by molar-refractivity contribution is 7.98. The van der Waals surface area contributed by atoms with E-state index in [-0.39, 0.29) is 0 Å². The third-order valence-corrected chi connectivity index (χ3v) is 3.97. The fraction of sp³-hybridized carbons (Fsp3) is 0.667. The first kappa shape index (κ1) is 12.8. The minimum absolute atomic E-state index is 0.651. The van der Waals surface area contributed by atoms with Crippen molar-refractivity contribution in [1.29, 1.82) is 0 Å². The van der Waals surface area contributed by atoms with E-state index in [1.807, 2.05) is 6.26 Å². The Morgan fingerprint density at radius 3 is 3.06 bits per heavy atom. The number of piperidine rings is 1. The molecule has 4 nitrogen and oxygen atoms in total. The average molecular weight is 252 g/mol. The van der Waals surface area contributed by atoms with Gasteiger partial charge in [0.15, 0.2) is 0 Å². The van der Waals surface area contributed by atoms with Gasteiger partial charge in [0.1, 0.15) is 5.03 Å². The van der Waals surface area contributed by atoms with Gasteiger partial charge in [-0.25, -0.2) is 4.98 Å². The first-order chi connectivity index (χ1) is 8.33. The summed E-state index contributed by atoms with van der Waals surface area (Å²) in [7, 11) is 0. The standard InChI is InChI=1S/C12H20N4S/c1-17-12-11(14-4-5-15-12)9-16-6-2-3-10(7-13)8-16/h4-5,10H,2-3,6-9,13H2,1H3/t10-/m1/s1. The third kappa shape index (κ3) is 3.40. The minimum Gasteiger partial charge on any atom is -0.330 e. The van der Waals surface area contributed by atoms with Crippen molar-refractivity contribution in [2.75, 3.05) is 25.9 Å². The van der Waals surface area contributed by atoms with E-state index in [4.69, 9.17) is 5.73 Å². The molecule has 0 unspecified atom stereocenters. The molecular formula is C12H20N4S. The van der Waals surface area contributed by atoms with Gasteiger partial charge in [0.05, 0.1) is 5.69 Å². The molecule has 1 saturated heterocycles. The summed E-state index contributed by atoms with van der Waals surface area (Å²) in [6.45, 7) is 3.95. The zero-order chi connectivity index (χ0) is 12.1. The fourth-order valence-electron chi connectivity index (χ4n) is 2.33. The van der Waals surface area contributed by atoms with Crippen LogP contribution in [0.3, 0.4) is 0 Å². The van der Waals surface area contributed by atoms with Crippen LogP contribution in [0.15, 0.2) is 17.4 Å². The molecule has 94 valence electrons. The fourth-order valence-corrected chi connectivity index (χ4v) is 2.85. The molecule has 0 aliphatic carbocycles. The van der Waals surface area contributed by atoms with Crippen LogP contribution in [-0.4, -0.2) is 40.8 Å². The number of nitrogens with zero attached hydrogens (tertiary/aromatic N) is 3. The molecule has 1 aliphatic heterocycles. The number of thioether (sulfide) groups is 1. The van der Waals surface area contributed by atoms with Gasteiger partial charge in [0.2, 0.25) is 0 Å². The molecule has 17 heavy (non-hydrogen) atoms. The normalized spacial score (nSPS) is 21.6. The van der Waals surface area contributed by atoms with E-state index in [0.717, 1.165) is 36.9 Å². The molecule has 0 amide bonds. The van der Waals surface area contributed by atoms with E-state index >= 15 is 0 Å². The molecule has 1 fully saturated rings. The largest absolute Gasteiger partial charge is 0.330 e. The Labute approximate surface area is 107 Å². The van der Waals surface area contributed by atoms with Crippen molar-refractivity contribution in [3.8, 4) is 0 Å². The minimum atomic E-state index is 0.651. The van der Waals surface area contributed by atoms with Crippen molar-refractivity contribution in [1.82, 2.24) is 14.9 Å². The Balaban J connectivity index is 2.00. The van der Waals surface area contributed by atoms with Gasteiger partial charge in [-0.3, -0.25) is 9.88 Å². The first-order valence-electron chi connectivity index (χ1n) is 6.09. The smallest absolute Gasteiger partial charge is 0.119 e. The van der Waals surface area contributed by atoms with Gasteiger partial charge in [0, 0.05) is 25.5 Å². The van der Waals surface area contributed by atoms with Gasteiger partial charge < -0.3 is 5.73 Å². The Kier molecular flexibility index (Phi) is 4.76. The third-order valence-electron chi connectivity index (χ3n) is 3.24. The molecule has 0 aromatic carbocycles. The van der Waals surface area contributed by atoms with Crippen molar-refractivity contribution in [2.45, 2.75) is 24.4 Å². The Hall–Kier alpha value is -0.650. The lowest BCUT2D eigenvalue weighted by atomic mass is 9.98. The van der Waals surface area contributed by atoms with Gasteiger partial charge in [0.25, 0.3) is 0 Å². The lowest BCUT2D eigenvalue weighted by Gasteiger charge is -2.31. The molecule has 5 heteroatoms. The van der Waals surface area contributed by atoms with Gasteiger partial charge in [-0.05, 0) is 38.1 Å². The number of hydrogen-bond acceptors (Lipinski definition) is 5. The summed E-state index contributed by atoms with van der Waals surface area (Å²) in [5.74, 6) is 0.651. The maximum atomic E-state index is 5.76. The van der Waals surface area contributed by atoms with E-state index in [9.17, 15) is 0 Å². The second kappa shape index (κ2) is 6.33. The molecule has 1 aliphatic rings. The highest BCUT2D eigenvalue weighted by Gasteiger charge is 2.20. The number of hydrogen-bond donors (Lipinski definition) is 1. The van der Waals surface area contributed by atoms with E-state index in [1.54, 1.807) is 24.2 Å². The van der Waals surface area contributed by atoms with Gasteiger partial charge in [-0.1, -0.05) is 0 Å². The molecule has 1 atom stereocenters. The van der Waals surface area contributed by atoms with Crippen molar-refractivity contribution in [2.24, 2.45) is 11.7 Å². The number of nitrogens with two attached hydrogens (primary N) is 1. The van der Waals surface area contributed by atoms with Crippen LogP contribution in [0.25, 0.3) is 0 Å². The lowest BCUT2D eigenvalue weighted by molar-refractivity contribution is 0.168. The molecule has 2 N–H and O–H groups in total. The summed E-state index contributed by atoms with van der Waals surface area (Å²) in [6.07, 6.45) is 8.10. The molecule has 0 saturated carbocycles. The zero-order valence-corrected chi connectivity index (χ0v) is 11.1. The highest BCUT2D eigenvalue weighted by Crippen LogP contribution is 2.20. The molecule has 1 aromatic rings. The summed E-state index contributed by atoms with van der Waals surface area (Å²) < 4.78 is 0. The molecule has 0 radical (unpaired) electrons. The molecule has 2 rings (SSSR count). The SMILES string of the molecule is CSc1nccnc1CN1CCC[C@H](CN)C1. The summed E-state index contributed by atoms with van der Waals surface area (Å²) in [4.78, 5) is 11.2. The second-order valence-corrected chi connectivity index (χ2v) is 5.29. The summed E-state index contributed by atoms with van der Waals surface area (Å²) in [5, 5.41) is 1.04.